The Morgan fingerprint density at radius 2 is 1.06 bits per heavy atom. The Labute approximate surface area is 368 Å². The summed E-state index contributed by atoms with van der Waals surface area (Å²) in [5.74, 6) is -1.68. The summed E-state index contributed by atoms with van der Waals surface area (Å²) < 4.78 is 10.3. The maximum Gasteiger partial charge on any atom is 0.307 e. The van der Waals surface area contributed by atoms with Crippen LogP contribution in [0.25, 0.3) is 0 Å². The van der Waals surface area contributed by atoms with E-state index in [1.165, 1.54) is 0 Å². The molecular formula is C51H70O11. The van der Waals surface area contributed by atoms with Crippen LogP contribution in [0.3, 0.4) is 0 Å². The molecule has 0 aromatic carbocycles. The zero-order chi connectivity index (χ0) is 46.9. The summed E-state index contributed by atoms with van der Waals surface area (Å²) in [6, 6.07) is 0. The number of aliphatic hydroxyl groups excluding tert-OH is 5. The fourth-order valence-electron chi connectivity index (χ4n) is 7.43. The molecule has 6 unspecified atom stereocenters. The normalized spacial score (nSPS) is 22.8. The number of hydrogen-bond acceptors (Lipinski definition) is 11. The fraction of sp³-hybridized carbons (Fsp3) is 0.490. The third kappa shape index (κ3) is 16.8. The summed E-state index contributed by atoms with van der Waals surface area (Å²) in [5, 5.41) is 47.7. The molecule has 0 spiro atoms. The van der Waals surface area contributed by atoms with Crippen LogP contribution in [0.5, 0.6) is 0 Å². The monoisotopic (exact) mass is 858 g/mol. The number of esters is 2. The van der Waals surface area contributed by atoms with Crippen molar-refractivity contribution in [1.82, 2.24) is 0 Å². The quantitative estimate of drug-likeness (QED) is 0.0603. The van der Waals surface area contributed by atoms with Crippen LogP contribution in [-0.4, -0.2) is 92.8 Å². The first-order valence-electron chi connectivity index (χ1n) is 21.2. The Bertz CT molecular complexity index is 1970. The Morgan fingerprint density at radius 3 is 1.56 bits per heavy atom. The van der Waals surface area contributed by atoms with Crippen molar-refractivity contribution >= 4 is 23.5 Å². The Kier molecular flexibility index (Phi) is 21.3. The molecule has 0 aliphatic heterocycles. The molecule has 5 N–H and O–H groups in total. The number of Topliss-reactive ketones (excluding diaryl/α,β-unsaturated/α-hetero) is 2. The Hall–Kier alpha value is -4.78. The number of rotatable bonds is 20. The molecule has 2 aliphatic carbocycles. The highest BCUT2D eigenvalue weighted by Gasteiger charge is 2.40. The van der Waals surface area contributed by atoms with E-state index in [0.717, 1.165) is 45.4 Å². The standard InChI is InChI=1S/C51H70O11/c1-32(18-14-20-34(3)22-24-39-37(6)46(57)36(5)28-50(39,8)9)16-12-13-17-33(2)19-15-21-35(4)23-25-40-38(7)47(58)43(29-51(40,10)11)62-45(56)27-26-44(55)61-31-42(54)49(60)48(59)41(53)30-52/h12-25,36,41-43,48-49,52-54,59-60H,26-31H2,1-11H3. The van der Waals surface area contributed by atoms with Gasteiger partial charge < -0.3 is 35.0 Å². The number of allylic oxidation sites excluding steroid dienone is 21. The molecule has 11 heteroatoms. The van der Waals surface area contributed by atoms with Gasteiger partial charge in [0.15, 0.2) is 17.7 Å². The number of hydrogen-bond donors (Lipinski definition) is 5. The van der Waals surface area contributed by atoms with Crippen molar-refractivity contribution in [1.29, 1.82) is 0 Å². The van der Waals surface area contributed by atoms with E-state index in [0.29, 0.717) is 5.57 Å². The smallest absolute Gasteiger partial charge is 0.307 e. The predicted octanol–water partition coefficient (Wildman–Crippen LogP) is 7.49. The van der Waals surface area contributed by atoms with Crippen molar-refractivity contribution in [2.24, 2.45) is 16.7 Å². The molecule has 11 nitrogen and oxygen atoms in total. The lowest BCUT2D eigenvalue weighted by molar-refractivity contribution is -0.161. The van der Waals surface area contributed by atoms with Crippen LogP contribution in [0.2, 0.25) is 0 Å². The first-order chi connectivity index (χ1) is 28.9. The van der Waals surface area contributed by atoms with Gasteiger partial charge in [-0.05, 0) is 81.1 Å². The third-order valence-electron chi connectivity index (χ3n) is 11.1. The average molecular weight is 859 g/mol. The highest BCUT2D eigenvalue weighted by Crippen LogP contribution is 2.42. The average Bonchev–Trinajstić information content (AvgIpc) is 3.20. The highest BCUT2D eigenvalue weighted by molar-refractivity contribution is 6.02. The molecule has 62 heavy (non-hydrogen) atoms. The van der Waals surface area contributed by atoms with Crippen molar-refractivity contribution in [3.63, 3.8) is 0 Å². The summed E-state index contributed by atoms with van der Waals surface area (Å²) in [7, 11) is 0. The van der Waals surface area contributed by atoms with Gasteiger partial charge in [0.05, 0.1) is 19.4 Å². The van der Waals surface area contributed by atoms with Gasteiger partial charge in [-0.3, -0.25) is 19.2 Å². The molecule has 0 saturated carbocycles. The summed E-state index contributed by atoms with van der Waals surface area (Å²) >= 11 is 0. The van der Waals surface area contributed by atoms with Crippen LogP contribution in [0.15, 0.2) is 130 Å². The van der Waals surface area contributed by atoms with E-state index < -0.39 is 67.5 Å². The van der Waals surface area contributed by atoms with E-state index in [2.05, 4.69) is 45.1 Å². The number of ketones is 2. The summed E-state index contributed by atoms with van der Waals surface area (Å²) in [6.45, 7) is 20.5. The molecule has 0 heterocycles. The Morgan fingerprint density at radius 1 is 0.645 bits per heavy atom. The van der Waals surface area contributed by atoms with Crippen molar-refractivity contribution in [3.05, 3.63) is 130 Å². The summed E-state index contributed by atoms with van der Waals surface area (Å²) in [5.41, 5.74) is 6.98. The molecule has 0 aromatic rings. The maximum atomic E-state index is 13.3. The minimum absolute atomic E-state index is 0.0300. The van der Waals surface area contributed by atoms with Gasteiger partial charge in [-0.25, -0.2) is 0 Å². The lowest BCUT2D eigenvalue weighted by Gasteiger charge is -2.36. The van der Waals surface area contributed by atoms with Crippen LogP contribution in [0.4, 0.5) is 0 Å². The summed E-state index contributed by atoms with van der Waals surface area (Å²) in [6.07, 6.45) is 20.2. The van der Waals surface area contributed by atoms with E-state index in [4.69, 9.17) is 14.6 Å². The van der Waals surface area contributed by atoms with Crippen molar-refractivity contribution in [3.8, 4) is 0 Å². The zero-order valence-electron chi connectivity index (χ0n) is 38.5. The molecule has 0 radical (unpaired) electrons. The second kappa shape index (κ2) is 24.8. The first-order valence-corrected chi connectivity index (χ1v) is 21.2. The first kappa shape index (κ1) is 53.4. The van der Waals surface area contributed by atoms with Crippen LogP contribution in [-0.2, 0) is 28.7 Å². The molecule has 2 aliphatic rings. The SMILES string of the molecule is CC(C=CC=C(C)C=CC1=C(C)C(=O)C(C)CC1(C)C)=CC=CC=C(C)C=CC=C(C)C=CC1=C(C)C(=O)C(OC(=O)CCC(=O)OCC(O)C(O)C(O)C(O)CO)CC1(C)C. The van der Waals surface area contributed by atoms with Crippen LogP contribution in [0.1, 0.15) is 102 Å². The van der Waals surface area contributed by atoms with Crippen LogP contribution in [0, 0.1) is 16.7 Å². The van der Waals surface area contributed by atoms with E-state index >= 15 is 0 Å². The van der Waals surface area contributed by atoms with Crippen molar-refractivity contribution in [2.75, 3.05) is 13.2 Å². The molecule has 0 amide bonds. The zero-order valence-corrected chi connectivity index (χ0v) is 38.5. The van der Waals surface area contributed by atoms with Crippen LogP contribution >= 0.6 is 0 Å². The van der Waals surface area contributed by atoms with Gasteiger partial charge in [-0.15, -0.1) is 0 Å². The van der Waals surface area contributed by atoms with Gasteiger partial charge in [-0.1, -0.05) is 142 Å². The fourth-order valence-corrected chi connectivity index (χ4v) is 7.43. The van der Waals surface area contributed by atoms with Gasteiger partial charge in [0.1, 0.15) is 31.0 Å². The lowest BCUT2D eigenvalue weighted by Crippen LogP contribution is -2.47. The maximum absolute atomic E-state index is 13.3. The number of carbonyl (C=O) groups is 4. The van der Waals surface area contributed by atoms with E-state index in [1.807, 2.05) is 109 Å². The van der Waals surface area contributed by atoms with Crippen molar-refractivity contribution < 1.29 is 54.2 Å². The molecular weight excluding hydrogens is 789 g/mol. The van der Waals surface area contributed by atoms with E-state index in [1.54, 1.807) is 6.92 Å². The minimum atomic E-state index is -1.89. The largest absolute Gasteiger partial charge is 0.463 e. The molecule has 0 fully saturated rings. The van der Waals surface area contributed by atoms with Gasteiger partial charge in [0.25, 0.3) is 0 Å². The van der Waals surface area contributed by atoms with E-state index in [9.17, 15) is 39.6 Å². The lowest BCUT2D eigenvalue weighted by atomic mass is 9.68. The summed E-state index contributed by atoms with van der Waals surface area (Å²) in [4.78, 5) is 50.5. The molecule has 0 saturated heterocycles. The van der Waals surface area contributed by atoms with Crippen molar-refractivity contribution in [2.45, 2.75) is 132 Å². The Balaban J connectivity index is 1.91. The number of aliphatic hydroxyl groups is 5. The highest BCUT2D eigenvalue weighted by atomic mass is 16.6. The molecule has 0 bridgehead atoms. The number of carbonyl (C=O) groups excluding carboxylic acids is 4. The molecule has 340 valence electrons. The number of ether oxygens (including phenoxy) is 2. The minimum Gasteiger partial charge on any atom is -0.463 e. The molecule has 6 atom stereocenters. The topological polar surface area (TPSA) is 188 Å². The van der Waals surface area contributed by atoms with Gasteiger partial charge in [0, 0.05) is 12.3 Å². The third-order valence-corrected chi connectivity index (χ3v) is 11.1. The van der Waals surface area contributed by atoms with Gasteiger partial charge in [-0.2, -0.15) is 0 Å². The molecule has 0 aromatic heterocycles. The van der Waals surface area contributed by atoms with Crippen LogP contribution < -0.4 is 0 Å². The second-order valence-electron chi connectivity index (χ2n) is 17.8. The second-order valence-corrected chi connectivity index (χ2v) is 17.8. The predicted molar refractivity (Wildman–Crippen MR) is 243 cm³/mol. The molecule has 2 rings (SSSR count). The van der Waals surface area contributed by atoms with E-state index in [-0.39, 0.29) is 35.7 Å². The van der Waals surface area contributed by atoms with Gasteiger partial charge >= 0.3 is 11.9 Å². The van der Waals surface area contributed by atoms with Gasteiger partial charge in [0.2, 0.25) is 0 Å².